The Morgan fingerprint density at radius 1 is 0.692 bits per heavy atom. The third-order valence-electron chi connectivity index (χ3n) is 4.74. The average molecular weight is 346 g/mol. The summed E-state index contributed by atoms with van der Waals surface area (Å²) in [7, 11) is 3.22. The predicted molar refractivity (Wildman–Crippen MR) is 97.7 cm³/mol. The van der Waals surface area contributed by atoms with Crippen LogP contribution < -0.4 is 9.47 Å². The summed E-state index contributed by atoms with van der Waals surface area (Å²) in [5.41, 5.74) is 1.70. The van der Waals surface area contributed by atoms with Gasteiger partial charge in [0.25, 0.3) is 0 Å². The van der Waals surface area contributed by atoms with Crippen LogP contribution in [0.25, 0.3) is 0 Å². The number of esters is 1. The number of carbonyl (C=O) groups is 1. The summed E-state index contributed by atoms with van der Waals surface area (Å²) in [6, 6.07) is 22.6. The van der Waals surface area contributed by atoms with Crippen LogP contribution >= 0.6 is 0 Å². The molecule has 0 unspecified atom stereocenters. The van der Waals surface area contributed by atoms with Crippen molar-refractivity contribution in [1.29, 1.82) is 0 Å². The SMILES string of the molecule is COc1ccccc1C1(c2ccccc2OC)OC(=O)c2ccccc21. The first-order valence-electron chi connectivity index (χ1n) is 8.32. The highest BCUT2D eigenvalue weighted by Gasteiger charge is 2.51. The van der Waals surface area contributed by atoms with Crippen molar-refractivity contribution < 1.29 is 19.0 Å². The van der Waals surface area contributed by atoms with Crippen molar-refractivity contribution in [2.45, 2.75) is 5.60 Å². The second-order valence-electron chi connectivity index (χ2n) is 6.02. The summed E-state index contributed by atoms with van der Waals surface area (Å²) in [4.78, 5) is 12.7. The van der Waals surface area contributed by atoms with E-state index in [4.69, 9.17) is 14.2 Å². The van der Waals surface area contributed by atoms with Crippen molar-refractivity contribution in [3.05, 3.63) is 95.1 Å². The summed E-state index contributed by atoms with van der Waals surface area (Å²) in [5.74, 6) is 0.920. The van der Waals surface area contributed by atoms with Crippen LogP contribution in [0.3, 0.4) is 0 Å². The first-order valence-corrected chi connectivity index (χ1v) is 8.32. The molecule has 0 radical (unpaired) electrons. The third kappa shape index (κ3) is 2.19. The molecule has 26 heavy (non-hydrogen) atoms. The van der Waals surface area contributed by atoms with Gasteiger partial charge in [-0.15, -0.1) is 0 Å². The van der Waals surface area contributed by atoms with Crippen molar-refractivity contribution in [3.8, 4) is 11.5 Å². The molecule has 1 aliphatic heterocycles. The van der Waals surface area contributed by atoms with Crippen LogP contribution in [0, 0.1) is 0 Å². The molecule has 1 heterocycles. The molecular formula is C22H18O4. The van der Waals surface area contributed by atoms with Crippen LogP contribution in [-0.2, 0) is 10.3 Å². The number of carbonyl (C=O) groups excluding carboxylic acids is 1. The Kier molecular flexibility index (Phi) is 3.88. The fourth-order valence-electron chi connectivity index (χ4n) is 3.63. The molecule has 0 saturated carbocycles. The minimum Gasteiger partial charge on any atom is -0.496 e. The van der Waals surface area contributed by atoms with Gasteiger partial charge in [-0.05, 0) is 18.2 Å². The maximum Gasteiger partial charge on any atom is 0.340 e. The monoisotopic (exact) mass is 346 g/mol. The molecule has 0 N–H and O–H groups in total. The molecular weight excluding hydrogens is 328 g/mol. The lowest BCUT2D eigenvalue weighted by molar-refractivity contribution is 0.0239. The minimum atomic E-state index is -1.13. The average Bonchev–Trinajstić information content (AvgIpc) is 3.01. The van der Waals surface area contributed by atoms with Gasteiger partial charge in [0.2, 0.25) is 0 Å². The van der Waals surface area contributed by atoms with Crippen LogP contribution in [0.5, 0.6) is 11.5 Å². The number of methoxy groups -OCH3 is 2. The topological polar surface area (TPSA) is 44.8 Å². The highest BCUT2D eigenvalue weighted by atomic mass is 16.6. The van der Waals surface area contributed by atoms with E-state index in [0.29, 0.717) is 17.1 Å². The van der Waals surface area contributed by atoms with Crippen molar-refractivity contribution in [3.63, 3.8) is 0 Å². The van der Waals surface area contributed by atoms with E-state index in [1.54, 1.807) is 20.3 Å². The molecule has 4 nitrogen and oxygen atoms in total. The molecule has 0 atom stereocenters. The largest absolute Gasteiger partial charge is 0.496 e. The molecule has 0 saturated heterocycles. The molecule has 1 aliphatic rings. The van der Waals surface area contributed by atoms with Crippen molar-refractivity contribution in [1.82, 2.24) is 0 Å². The van der Waals surface area contributed by atoms with Gasteiger partial charge in [0.05, 0.1) is 19.8 Å². The first kappa shape index (κ1) is 16.2. The summed E-state index contributed by atoms with van der Waals surface area (Å²) in [5, 5.41) is 0. The third-order valence-corrected chi connectivity index (χ3v) is 4.74. The van der Waals surface area contributed by atoms with Gasteiger partial charge < -0.3 is 14.2 Å². The Morgan fingerprint density at radius 2 is 1.15 bits per heavy atom. The lowest BCUT2D eigenvalue weighted by Crippen LogP contribution is -2.30. The Bertz CT molecular complexity index is 930. The second kappa shape index (κ2) is 6.23. The summed E-state index contributed by atoms with van der Waals surface area (Å²) in [6.45, 7) is 0. The van der Waals surface area contributed by atoms with Crippen LogP contribution in [0.4, 0.5) is 0 Å². The van der Waals surface area contributed by atoms with E-state index in [1.165, 1.54) is 0 Å². The minimum absolute atomic E-state index is 0.364. The number of para-hydroxylation sites is 2. The van der Waals surface area contributed by atoms with Gasteiger partial charge in [-0.3, -0.25) is 0 Å². The van der Waals surface area contributed by atoms with Crippen LogP contribution in [0.1, 0.15) is 27.0 Å². The van der Waals surface area contributed by atoms with Crippen LogP contribution in [0.15, 0.2) is 72.8 Å². The summed E-state index contributed by atoms with van der Waals surface area (Å²) >= 11 is 0. The van der Waals surface area contributed by atoms with Gasteiger partial charge in [0, 0.05) is 16.7 Å². The zero-order valence-corrected chi connectivity index (χ0v) is 14.6. The van der Waals surface area contributed by atoms with Crippen molar-refractivity contribution in [2.24, 2.45) is 0 Å². The first-order chi connectivity index (χ1) is 12.7. The Balaban J connectivity index is 2.12. The highest BCUT2D eigenvalue weighted by molar-refractivity contribution is 5.96. The summed E-state index contributed by atoms with van der Waals surface area (Å²) < 4.78 is 17.3. The van der Waals surface area contributed by atoms with Gasteiger partial charge in [0.15, 0.2) is 5.60 Å². The number of benzene rings is 3. The molecule has 0 fully saturated rings. The lowest BCUT2D eigenvalue weighted by Gasteiger charge is -2.32. The molecule has 0 amide bonds. The van der Waals surface area contributed by atoms with E-state index >= 15 is 0 Å². The van der Waals surface area contributed by atoms with Crippen LogP contribution in [-0.4, -0.2) is 20.2 Å². The number of hydrogen-bond acceptors (Lipinski definition) is 4. The molecule has 4 heteroatoms. The quantitative estimate of drug-likeness (QED) is 0.665. The number of hydrogen-bond donors (Lipinski definition) is 0. The molecule has 0 bridgehead atoms. The number of rotatable bonds is 4. The number of cyclic esters (lactones) is 1. The molecule has 0 aliphatic carbocycles. The fourth-order valence-corrected chi connectivity index (χ4v) is 3.63. The van der Waals surface area contributed by atoms with Gasteiger partial charge in [-0.1, -0.05) is 54.6 Å². The smallest absolute Gasteiger partial charge is 0.340 e. The highest BCUT2D eigenvalue weighted by Crippen LogP contribution is 2.51. The standard InChI is InChI=1S/C22H18O4/c1-24-19-13-7-5-11-17(19)22(18-12-6-8-14-20(18)25-2)16-10-4-3-9-15(16)21(23)26-22/h3-14H,1-2H3. The zero-order valence-electron chi connectivity index (χ0n) is 14.6. The predicted octanol–water partition coefficient (Wildman–Crippen LogP) is 4.17. The fraction of sp³-hybridized carbons (Fsp3) is 0.136. The maximum atomic E-state index is 12.7. The zero-order chi connectivity index (χ0) is 18.1. The van der Waals surface area contributed by atoms with E-state index in [1.807, 2.05) is 66.7 Å². The Labute approximate surface area is 152 Å². The molecule has 0 aromatic heterocycles. The van der Waals surface area contributed by atoms with E-state index in [0.717, 1.165) is 16.7 Å². The Morgan fingerprint density at radius 3 is 1.69 bits per heavy atom. The molecule has 3 aromatic rings. The van der Waals surface area contributed by atoms with Crippen molar-refractivity contribution in [2.75, 3.05) is 14.2 Å². The van der Waals surface area contributed by atoms with Gasteiger partial charge in [-0.25, -0.2) is 4.79 Å². The molecule has 130 valence electrons. The lowest BCUT2D eigenvalue weighted by atomic mass is 9.79. The van der Waals surface area contributed by atoms with Crippen LogP contribution in [0.2, 0.25) is 0 Å². The molecule has 4 rings (SSSR count). The normalized spacial score (nSPS) is 14.5. The van der Waals surface area contributed by atoms with Gasteiger partial charge in [-0.2, -0.15) is 0 Å². The van der Waals surface area contributed by atoms with Gasteiger partial charge in [0.1, 0.15) is 11.5 Å². The van der Waals surface area contributed by atoms with Crippen molar-refractivity contribution >= 4 is 5.97 Å². The molecule has 3 aromatic carbocycles. The molecule has 0 spiro atoms. The maximum absolute atomic E-state index is 12.7. The van der Waals surface area contributed by atoms with E-state index in [9.17, 15) is 4.79 Å². The number of ether oxygens (including phenoxy) is 3. The van der Waals surface area contributed by atoms with E-state index in [-0.39, 0.29) is 5.97 Å². The van der Waals surface area contributed by atoms with E-state index in [2.05, 4.69) is 0 Å². The summed E-state index contributed by atoms with van der Waals surface area (Å²) in [6.07, 6.45) is 0. The number of fused-ring (bicyclic) bond motifs is 1. The van der Waals surface area contributed by atoms with E-state index < -0.39 is 5.60 Å². The Hall–Kier alpha value is -3.27. The van der Waals surface area contributed by atoms with Gasteiger partial charge >= 0.3 is 5.97 Å². The second-order valence-corrected chi connectivity index (χ2v) is 6.02.